The van der Waals surface area contributed by atoms with Crippen LogP contribution < -0.4 is 0 Å². The maximum Gasteiger partial charge on any atom is 0.291 e. The summed E-state index contributed by atoms with van der Waals surface area (Å²) >= 11 is 0. The lowest BCUT2D eigenvalue weighted by atomic mass is 9.96. The van der Waals surface area contributed by atoms with Crippen LogP contribution in [0.5, 0.6) is 0 Å². The van der Waals surface area contributed by atoms with Crippen molar-refractivity contribution in [2.45, 2.75) is 32.1 Å². The van der Waals surface area contributed by atoms with Crippen LogP contribution in [0, 0.1) is 46.4 Å². The Labute approximate surface area is 137 Å². The average molecular weight is 382 g/mol. The molecule has 18 heteroatoms. The van der Waals surface area contributed by atoms with Gasteiger partial charge in [-0.15, -0.1) is 30.3 Å². The SMILES string of the molecule is CC(C)C(C(O)C(O)CO)[N+](=O)[O-].O=[N+]([O-])O.O=[N+]([O-])O.O=[N+]([O-])O. The summed E-state index contributed by atoms with van der Waals surface area (Å²) in [4.78, 5) is 34.9. The van der Waals surface area contributed by atoms with Gasteiger partial charge in [0, 0.05) is 10.8 Å². The van der Waals surface area contributed by atoms with Crippen molar-refractivity contribution in [3.63, 3.8) is 0 Å². The molecule has 0 fully saturated rings. The molecule has 3 atom stereocenters. The fourth-order valence-corrected chi connectivity index (χ4v) is 1.10. The van der Waals surface area contributed by atoms with Crippen LogP contribution in [0.4, 0.5) is 0 Å². The van der Waals surface area contributed by atoms with Gasteiger partial charge in [-0.3, -0.25) is 10.1 Å². The largest absolute Gasteiger partial charge is 0.394 e. The number of hydrogen-bond acceptors (Lipinski definition) is 11. The Balaban J connectivity index is -0.000000150. The molecule has 0 aliphatic rings. The molecular weight excluding hydrogens is 364 g/mol. The highest BCUT2D eigenvalue weighted by Gasteiger charge is 2.37. The fraction of sp³-hybridized carbons (Fsp3) is 1.00. The molecule has 0 aliphatic heterocycles. The van der Waals surface area contributed by atoms with Crippen molar-refractivity contribution in [2.75, 3.05) is 6.61 Å². The minimum Gasteiger partial charge on any atom is -0.394 e. The average Bonchev–Trinajstić information content (AvgIpc) is 2.34. The van der Waals surface area contributed by atoms with Crippen LogP contribution in [0.1, 0.15) is 13.8 Å². The molecular formula is C7H18N4O14. The van der Waals surface area contributed by atoms with Gasteiger partial charge in [-0.1, -0.05) is 13.8 Å². The number of rotatable bonds is 5. The van der Waals surface area contributed by atoms with Gasteiger partial charge in [-0.2, -0.15) is 0 Å². The minimum atomic E-state index is -1.53. The molecule has 0 aliphatic carbocycles. The molecule has 0 aromatic rings. The molecule has 25 heavy (non-hydrogen) atoms. The van der Waals surface area contributed by atoms with Gasteiger partial charge in [-0.05, 0) is 0 Å². The molecule has 3 unspecified atom stereocenters. The normalized spacial score (nSPS) is 12.4. The van der Waals surface area contributed by atoms with Gasteiger partial charge in [0.05, 0.1) is 6.61 Å². The number of hydrogen-bond donors (Lipinski definition) is 6. The predicted octanol–water partition coefficient (Wildman–Crippen LogP) is -2.04. The first kappa shape index (κ1) is 29.8. The summed E-state index contributed by atoms with van der Waals surface area (Å²) < 4.78 is 0. The molecule has 18 nitrogen and oxygen atoms in total. The highest BCUT2D eigenvalue weighted by Crippen LogP contribution is 2.13. The van der Waals surface area contributed by atoms with E-state index in [-0.39, 0.29) is 0 Å². The molecule has 0 radical (unpaired) electrons. The zero-order valence-electron chi connectivity index (χ0n) is 12.8. The third-order valence-corrected chi connectivity index (χ3v) is 1.86. The highest BCUT2D eigenvalue weighted by molar-refractivity contribution is 4.77. The molecule has 0 amide bonds. The summed E-state index contributed by atoms with van der Waals surface area (Å²) in [6, 6.07) is -1.25. The van der Waals surface area contributed by atoms with Crippen molar-refractivity contribution in [1.29, 1.82) is 0 Å². The Morgan fingerprint density at radius 1 is 0.800 bits per heavy atom. The van der Waals surface area contributed by atoms with E-state index in [1.807, 2.05) is 0 Å². The summed E-state index contributed by atoms with van der Waals surface area (Å²) in [6.07, 6.45) is -2.99. The van der Waals surface area contributed by atoms with E-state index in [4.69, 9.17) is 56.2 Å². The van der Waals surface area contributed by atoms with E-state index in [1.54, 1.807) is 13.8 Å². The molecule has 0 rings (SSSR count). The molecule has 150 valence electrons. The van der Waals surface area contributed by atoms with Crippen LogP contribution in [0.15, 0.2) is 0 Å². The van der Waals surface area contributed by atoms with Gasteiger partial charge in [-0.25, -0.2) is 0 Å². The van der Waals surface area contributed by atoms with Crippen LogP contribution in [-0.4, -0.2) is 76.0 Å². The second-order valence-corrected chi connectivity index (χ2v) is 3.97. The zero-order valence-corrected chi connectivity index (χ0v) is 12.8. The van der Waals surface area contributed by atoms with Crippen molar-refractivity contribution >= 4 is 0 Å². The molecule has 0 aromatic carbocycles. The van der Waals surface area contributed by atoms with Gasteiger partial charge in [0.25, 0.3) is 15.3 Å². The Kier molecular flexibility index (Phi) is 20.6. The number of nitrogens with zero attached hydrogens (tertiary/aromatic N) is 4. The molecule has 0 saturated heterocycles. The summed E-state index contributed by atoms with van der Waals surface area (Å²) in [6.45, 7) is 2.46. The maximum atomic E-state index is 10.5. The second-order valence-electron chi connectivity index (χ2n) is 3.97. The standard InChI is InChI=1S/C7H15NO5.3HNO3/c1-4(2)6(8(12)13)7(11)5(10)3-9;3*2-1(3)4/h4-7,9-11H,3H2,1-2H3;3*(H,2,3,4). The maximum absolute atomic E-state index is 10.5. The smallest absolute Gasteiger partial charge is 0.291 e. The van der Waals surface area contributed by atoms with Crippen LogP contribution in [0.2, 0.25) is 0 Å². The van der Waals surface area contributed by atoms with Crippen LogP contribution >= 0.6 is 0 Å². The first-order valence-corrected chi connectivity index (χ1v) is 5.71. The van der Waals surface area contributed by atoms with E-state index in [0.717, 1.165) is 0 Å². The third-order valence-electron chi connectivity index (χ3n) is 1.86. The van der Waals surface area contributed by atoms with Gasteiger partial charge in [0.15, 0.2) is 0 Å². The summed E-state index contributed by atoms with van der Waals surface area (Å²) in [5.74, 6) is -0.397. The summed E-state index contributed by atoms with van der Waals surface area (Å²) in [5.41, 5.74) is 0. The summed E-state index contributed by atoms with van der Waals surface area (Å²) in [7, 11) is 0. The van der Waals surface area contributed by atoms with Gasteiger partial charge in [0.2, 0.25) is 6.04 Å². The van der Waals surface area contributed by atoms with E-state index < -0.39 is 51.0 Å². The van der Waals surface area contributed by atoms with Crippen LogP contribution in [0.3, 0.4) is 0 Å². The lowest BCUT2D eigenvalue weighted by Gasteiger charge is -2.21. The quantitative estimate of drug-likeness (QED) is 0.220. The Morgan fingerprint density at radius 3 is 1.16 bits per heavy atom. The minimum absolute atomic E-state index is 0.397. The Hall–Kier alpha value is -3.12. The molecule has 6 N–H and O–H groups in total. The zero-order chi connectivity index (χ0) is 21.3. The van der Waals surface area contributed by atoms with E-state index in [0.29, 0.717) is 0 Å². The lowest BCUT2D eigenvalue weighted by Crippen LogP contribution is -2.46. The topological polar surface area (TPSA) is 294 Å². The number of aliphatic hydroxyl groups excluding tert-OH is 3. The van der Waals surface area contributed by atoms with Crippen molar-refractivity contribution in [3.05, 3.63) is 40.5 Å². The van der Waals surface area contributed by atoms with Crippen molar-refractivity contribution < 1.29 is 51.1 Å². The fourth-order valence-electron chi connectivity index (χ4n) is 1.10. The third kappa shape index (κ3) is 33.6. The number of nitro groups is 1. The van der Waals surface area contributed by atoms with Gasteiger partial charge >= 0.3 is 0 Å². The molecule has 0 aromatic heterocycles. The molecule has 0 saturated carbocycles. The number of aliphatic hydroxyl groups is 3. The molecule has 0 bridgehead atoms. The predicted molar refractivity (Wildman–Crippen MR) is 71.1 cm³/mol. The summed E-state index contributed by atoms with van der Waals surface area (Å²) in [5, 5.41) is 78.1. The van der Waals surface area contributed by atoms with Crippen molar-refractivity contribution in [2.24, 2.45) is 5.92 Å². The Morgan fingerprint density at radius 2 is 1.04 bits per heavy atom. The first-order valence-electron chi connectivity index (χ1n) is 5.71. The monoisotopic (exact) mass is 382 g/mol. The van der Waals surface area contributed by atoms with Crippen molar-refractivity contribution in [1.82, 2.24) is 0 Å². The van der Waals surface area contributed by atoms with E-state index >= 15 is 0 Å². The van der Waals surface area contributed by atoms with Gasteiger partial charge < -0.3 is 30.9 Å². The van der Waals surface area contributed by atoms with E-state index in [9.17, 15) is 15.2 Å². The van der Waals surface area contributed by atoms with Crippen LogP contribution in [0.25, 0.3) is 0 Å². The van der Waals surface area contributed by atoms with E-state index in [1.165, 1.54) is 0 Å². The van der Waals surface area contributed by atoms with Gasteiger partial charge in [0.1, 0.15) is 12.2 Å². The second kappa shape index (κ2) is 17.2. The lowest BCUT2D eigenvalue weighted by molar-refractivity contribution is -0.742. The Bertz CT molecular complexity index is 362. The molecule has 0 spiro atoms. The van der Waals surface area contributed by atoms with Crippen molar-refractivity contribution in [3.8, 4) is 0 Å². The van der Waals surface area contributed by atoms with E-state index in [2.05, 4.69) is 0 Å². The molecule has 0 heterocycles. The highest BCUT2D eigenvalue weighted by atomic mass is 16.9. The first-order chi connectivity index (χ1) is 11.1. The van der Waals surface area contributed by atoms with Crippen LogP contribution in [-0.2, 0) is 0 Å².